The molecule has 0 radical (unpaired) electrons. The van der Waals surface area contributed by atoms with Crippen molar-refractivity contribution in [2.24, 2.45) is 5.92 Å². The Morgan fingerprint density at radius 3 is 2.76 bits per heavy atom. The summed E-state index contributed by atoms with van der Waals surface area (Å²) in [6.07, 6.45) is 8.31. The van der Waals surface area contributed by atoms with E-state index in [-0.39, 0.29) is 30.4 Å². The maximum atomic E-state index is 12.4. The molecular formula is C16H28N2O3. The number of carbonyl (C=O) groups excluding carboxylic acids is 2. The lowest BCUT2D eigenvalue weighted by Crippen LogP contribution is -2.51. The van der Waals surface area contributed by atoms with Gasteiger partial charge in [0.05, 0.1) is 5.92 Å². The lowest BCUT2D eigenvalue weighted by Gasteiger charge is -2.39. The average Bonchev–Trinajstić information content (AvgIpc) is 2.53. The third-order valence-corrected chi connectivity index (χ3v) is 4.68. The fourth-order valence-electron chi connectivity index (χ4n) is 3.58. The second kappa shape index (κ2) is 8.37. The van der Waals surface area contributed by atoms with Crippen LogP contribution >= 0.6 is 0 Å². The molecule has 1 N–H and O–H groups in total. The van der Waals surface area contributed by atoms with Crippen molar-refractivity contribution < 1.29 is 14.3 Å². The fourth-order valence-corrected chi connectivity index (χ4v) is 3.58. The van der Waals surface area contributed by atoms with E-state index in [1.165, 1.54) is 0 Å². The van der Waals surface area contributed by atoms with E-state index in [2.05, 4.69) is 5.32 Å². The average molecular weight is 296 g/mol. The number of rotatable bonds is 2. The maximum absolute atomic E-state index is 12.4. The van der Waals surface area contributed by atoms with Crippen LogP contribution in [0.25, 0.3) is 0 Å². The molecule has 0 aromatic carbocycles. The van der Waals surface area contributed by atoms with Crippen molar-refractivity contribution in [1.29, 1.82) is 0 Å². The molecule has 1 aliphatic heterocycles. The van der Waals surface area contributed by atoms with Crippen molar-refractivity contribution in [3.05, 3.63) is 0 Å². The van der Waals surface area contributed by atoms with Gasteiger partial charge in [0.2, 0.25) is 11.8 Å². The summed E-state index contributed by atoms with van der Waals surface area (Å²) in [5.74, 6) is 0.121. The number of amides is 2. The summed E-state index contributed by atoms with van der Waals surface area (Å²) < 4.78 is 5.02. The van der Waals surface area contributed by atoms with Crippen LogP contribution in [0.3, 0.4) is 0 Å². The Hall–Kier alpha value is -1.10. The largest absolute Gasteiger partial charge is 0.375 e. The zero-order valence-corrected chi connectivity index (χ0v) is 13.1. The highest BCUT2D eigenvalue weighted by molar-refractivity contribution is 5.82. The zero-order chi connectivity index (χ0) is 15.1. The summed E-state index contributed by atoms with van der Waals surface area (Å²) in [5, 5.41) is 3.06. The zero-order valence-electron chi connectivity index (χ0n) is 13.1. The Labute approximate surface area is 127 Å². The van der Waals surface area contributed by atoms with E-state index in [4.69, 9.17) is 4.74 Å². The van der Waals surface area contributed by atoms with Crippen LogP contribution in [0.4, 0.5) is 0 Å². The molecule has 2 atom stereocenters. The summed E-state index contributed by atoms with van der Waals surface area (Å²) in [6.45, 7) is 1.65. The normalized spacial score (nSPS) is 28.2. The Morgan fingerprint density at radius 1 is 1.19 bits per heavy atom. The third-order valence-electron chi connectivity index (χ3n) is 4.68. The van der Waals surface area contributed by atoms with Gasteiger partial charge in [-0.1, -0.05) is 25.7 Å². The first-order chi connectivity index (χ1) is 10.2. The van der Waals surface area contributed by atoms with Gasteiger partial charge in [0.15, 0.2) is 0 Å². The van der Waals surface area contributed by atoms with Crippen LogP contribution in [0.2, 0.25) is 0 Å². The summed E-state index contributed by atoms with van der Waals surface area (Å²) in [6, 6.07) is 0.0551. The van der Waals surface area contributed by atoms with Gasteiger partial charge in [-0.2, -0.15) is 0 Å². The molecule has 0 aromatic rings. The minimum absolute atomic E-state index is 0.0291. The number of fused-ring (bicyclic) bond motifs is 1. The molecule has 2 fully saturated rings. The van der Waals surface area contributed by atoms with Gasteiger partial charge in [0, 0.05) is 26.2 Å². The first-order valence-electron chi connectivity index (χ1n) is 8.30. The predicted octanol–water partition coefficient (Wildman–Crippen LogP) is 1.71. The molecule has 2 amide bonds. The van der Waals surface area contributed by atoms with E-state index in [1.807, 2.05) is 4.90 Å². The van der Waals surface area contributed by atoms with Gasteiger partial charge >= 0.3 is 0 Å². The second-order valence-corrected chi connectivity index (χ2v) is 6.18. The third kappa shape index (κ3) is 4.43. The lowest BCUT2D eigenvalue weighted by atomic mass is 9.82. The first kappa shape index (κ1) is 16.3. The van der Waals surface area contributed by atoms with E-state index >= 15 is 0 Å². The van der Waals surface area contributed by atoms with Crippen molar-refractivity contribution in [3.63, 3.8) is 0 Å². The predicted molar refractivity (Wildman–Crippen MR) is 80.8 cm³/mol. The lowest BCUT2D eigenvalue weighted by molar-refractivity contribution is -0.142. The van der Waals surface area contributed by atoms with Crippen molar-refractivity contribution in [3.8, 4) is 0 Å². The number of methoxy groups -OCH3 is 1. The number of hydrogen-bond donors (Lipinski definition) is 1. The Bertz CT molecular complexity index is 359. The van der Waals surface area contributed by atoms with Gasteiger partial charge in [0.25, 0.3) is 0 Å². The van der Waals surface area contributed by atoms with Crippen LogP contribution in [0.1, 0.15) is 51.4 Å². The van der Waals surface area contributed by atoms with E-state index in [1.54, 1.807) is 7.11 Å². The molecule has 2 aliphatic rings. The highest BCUT2D eigenvalue weighted by Gasteiger charge is 2.36. The molecule has 1 heterocycles. The summed E-state index contributed by atoms with van der Waals surface area (Å²) >= 11 is 0. The van der Waals surface area contributed by atoms with Gasteiger partial charge in [-0.3, -0.25) is 9.59 Å². The molecule has 0 spiro atoms. The topological polar surface area (TPSA) is 58.6 Å². The summed E-state index contributed by atoms with van der Waals surface area (Å²) in [7, 11) is 1.55. The van der Waals surface area contributed by atoms with Crippen molar-refractivity contribution in [2.45, 2.75) is 57.4 Å². The smallest absolute Gasteiger partial charge is 0.248 e. The molecule has 2 rings (SSSR count). The summed E-state index contributed by atoms with van der Waals surface area (Å²) in [5.41, 5.74) is 0. The Kier molecular flexibility index (Phi) is 6.49. The molecule has 120 valence electrons. The summed E-state index contributed by atoms with van der Waals surface area (Å²) in [4.78, 5) is 26.7. The molecule has 0 bridgehead atoms. The van der Waals surface area contributed by atoms with Gasteiger partial charge < -0.3 is 15.0 Å². The van der Waals surface area contributed by atoms with E-state index < -0.39 is 0 Å². The molecule has 5 heteroatoms. The SMILES string of the molecule is COCC(=O)N1CCCCCCNC(=O)[C@@H]2CCCC[C@@H]21. The number of carbonyl (C=O) groups is 2. The minimum atomic E-state index is -0.0438. The molecule has 21 heavy (non-hydrogen) atoms. The quantitative estimate of drug-likeness (QED) is 0.844. The van der Waals surface area contributed by atoms with Crippen molar-refractivity contribution >= 4 is 11.8 Å². The molecular weight excluding hydrogens is 268 g/mol. The van der Waals surface area contributed by atoms with Crippen molar-refractivity contribution in [2.75, 3.05) is 26.8 Å². The van der Waals surface area contributed by atoms with Crippen LogP contribution in [-0.2, 0) is 14.3 Å². The second-order valence-electron chi connectivity index (χ2n) is 6.18. The van der Waals surface area contributed by atoms with Gasteiger partial charge in [-0.05, 0) is 25.7 Å². The van der Waals surface area contributed by atoms with Crippen LogP contribution in [-0.4, -0.2) is 49.6 Å². The number of nitrogens with zero attached hydrogens (tertiary/aromatic N) is 1. The van der Waals surface area contributed by atoms with Gasteiger partial charge in [-0.15, -0.1) is 0 Å². The standard InChI is InChI=1S/C16H28N2O3/c1-21-12-15(19)18-11-7-3-2-6-10-17-16(20)13-8-4-5-9-14(13)18/h13-14H,2-12H2,1H3,(H,17,20)/t13-,14+/m1/s1. The molecule has 0 aromatic heterocycles. The first-order valence-corrected chi connectivity index (χ1v) is 8.30. The molecule has 1 saturated carbocycles. The number of nitrogens with one attached hydrogen (secondary N) is 1. The van der Waals surface area contributed by atoms with E-state index in [0.29, 0.717) is 0 Å². The molecule has 0 unspecified atom stereocenters. The van der Waals surface area contributed by atoms with Gasteiger partial charge in [-0.25, -0.2) is 0 Å². The molecule has 5 nitrogen and oxygen atoms in total. The molecule has 1 aliphatic carbocycles. The number of hydrogen-bond acceptors (Lipinski definition) is 3. The Balaban J connectivity index is 2.15. The van der Waals surface area contributed by atoms with Crippen LogP contribution in [0.5, 0.6) is 0 Å². The monoisotopic (exact) mass is 296 g/mol. The van der Waals surface area contributed by atoms with Crippen molar-refractivity contribution in [1.82, 2.24) is 10.2 Å². The number of ether oxygens (including phenoxy) is 1. The highest BCUT2D eigenvalue weighted by Crippen LogP contribution is 2.29. The maximum Gasteiger partial charge on any atom is 0.248 e. The van der Waals surface area contributed by atoms with Crippen LogP contribution in [0.15, 0.2) is 0 Å². The van der Waals surface area contributed by atoms with E-state index in [9.17, 15) is 9.59 Å². The Morgan fingerprint density at radius 2 is 1.95 bits per heavy atom. The van der Waals surface area contributed by atoms with Crippen LogP contribution in [0, 0.1) is 5.92 Å². The van der Waals surface area contributed by atoms with E-state index in [0.717, 1.165) is 64.5 Å². The molecule has 1 saturated heterocycles. The highest BCUT2D eigenvalue weighted by atomic mass is 16.5. The van der Waals surface area contributed by atoms with Gasteiger partial charge in [0.1, 0.15) is 6.61 Å². The van der Waals surface area contributed by atoms with Crippen LogP contribution < -0.4 is 5.32 Å². The fraction of sp³-hybridized carbons (Fsp3) is 0.875. The minimum Gasteiger partial charge on any atom is -0.375 e.